The SMILES string of the molecule is CCN(CC)c1nc(NCCN(C(C)C)C(C)C)nc(Nc2ccc(N3CCOCC3)cc2)n1. The lowest BCUT2D eigenvalue weighted by molar-refractivity contribution is 0.122. The van der Waals surface area contributed by atoms with E-state index in [0.29, 0.717) is 29.9 Å². The fourth-order valence-electron chi connectivity index (χ4n) is 4.26. The molecule has 9 nitrogen and oxygen atoms in total. The van der Waals surface area contributed by atoms with Gasteiger partial charge in [-0.1, -0.05) is 0 Å². The van der Waals surface area contributed by atoms with E-state index in [1.165, 1.54) is 5.69 Å². The molecule has 0 unspecified atom stereocenters. The van der Waals surface area contributed by atoms with Crippen molar-refractivity contribution in [3.63, 3.8) is 0 Å². The summed E-state index contributed by atoms with van der Waals surface area (Å²) in [6.07, 6.45) is 0. The van der Waals surface area contributed by atoms with Crippen molar-refractivity contribution in [3.8, 4) is 0 Å². The highest BCUT2D eigenvalue weighted by Gasteiger charge is 2.15. The summed E-state index contributed by atoms with van der Waals surface area (Å²) in [6, 6.07) is 9.38. The van der Waals surface area contributed by atoms with Gasteiger partial charge < -0.3 is 25.2 Å². The number of anilines is 5. The van der Waals surface area contributed by atoms with Crippen LogP contribution in [0.2, 0.25) is 0 Å². The molecule has 0 spiro atoms. The van der Waals surface area contributed by atoms with Crippen molar-refractivity contribution in [2.45, 2.75) is 53.6 Å². The maximum absolute atomic E-state index is 5.46. The van der Waals surface area contributed by atoms with E-state index in [4.69, 9.17) is 14.7 Å². The Hall–Kier alpha value is -2.65. The molecule has 0 atom stereocenters. The van der Waals surface area contributed by atoms with E-state index in [2.05, 4.69) is 96.1 Å². The number of ether oxygens (including phenoxy) is 1. The Kier molecular flexibility index (Phi) is 9.71. The van der Waals surface area contributed by atoms with Gasteiger partial charge in [0, 0.05) is 62.7 Å². The molecule has 0 aliphatic carbocycles. The van der Waals surface area contributed by atoms with Gasteiger partial charge in [-0.3, -0.25) is 4.90 Å². The molecule has 2 heterocycles. The molecular formula is C25H42N8O. The standard InChI is InChI=1S/C25H42N8O/c1-7-31(8-2)25-29-23(26-13-14-33(19(3)4)20(5)6)28-24(30-25)27-21-9-11-22(12-10-21)32-15-17-34-18-16-32/h9-12,19-20H,7-8,13-18H2,1-6H3,(H2,26,27,28,29,30). The van der Waals surface area contributed by atoms with Crippen LogP contribution in [0.1, 0.15) is 41.5 Å². The third kappa shape index (κ3) is 7.17. The summed E-state index contributed by atoms with van der Waals surface area (Å²) in [5, 5.41) is 6.79. The second-order valence-electron chi connectivity index (χ2n) is 9.08. The van der Waals surface area contributed by atoms with Crippen LogP contribution in [0.15, 0.2) is 24.3 Å². The van der Waals surface area contributed by atoms with Gasteiger partial charge in [-0.05, 0) is 65.8 Å². The van der Waals surface area contributed by atoms with Gasteiger partial charge in [0.05, 0.1) is 13.2 Å². The Morgan fingerprint density at radius 1 is 0.912 bits per heavy atom. The summed E-state index contributed by atoms with van der Waals surface area (Å²) in [7, 11) is 0. The first-order chi connectivity index (χ1) is 16.4. The Balaban J connectivity index is 1.73. The van der Waals surface area contributed by atoms with E-state index in [1.54, 1.807) is 0 Å². The fourth-order valence-corrected chi connectivity index (χ4v) is 4.26. The summed E-state index contributed by atoms with van der Waals surface area (Å²) >= 11 is 0. The number of morpholine rings is 1. The molecule has 1 aliphatic heterocycles. The van der Waals surface area contributed by atoms with Gasteiger partial charge in [0.15, 0.2) is 0 Å². The number of rotatable bonds is 12. The molecule has 188 valence electrons. The van der Waals surface area contributed by atoms with Crippen LogP contribution in [0.3, 0.4) is 0 Å². The van der Waals surface area contributed by atoms with Gasteiger partial charge in [-0.15, -0.1) is 0 Å². The molecule has 9 heteroatoms. The quantitative estimate of drug-likeness (QED) is 0.481. The van der Waals surface area contributed by atoms with Crippen LogP contribution in [0.4, 0.5) is 29.2 Å². The first kappa shape index (κ1) is 26.0. The van der Waals surface area contributed by atoms with Gasteiger partial charge in [0.25, 0.3) is 0 Å². The summed E-state index contributed by atoms with van der Waals surface area (Å²) < 4.78 is 5.46. The van der Waals surface area contributed by atoms with Crippen LogP contribution in [-0.2, 0) is 4.74 Å². The number of benzene rings is 1. The zero-order valence-electron chi connectivity index (χ0n) is 21.7. The molecule has 3 rings (SSSR count). The van der Waals surface area contributed by atoms with Crippen molar-refractivity contribution in [2.75, 3.05) is 72.9 Å². The minimum absolute atomic E-state index is 0.490. The smallest absolute Gasteiger partial charge is 0.233 e. The van der Waals surface area contributed by atoms with Crippen molar-refractivity contribution in [1.29, 1.82) is 0 Å². The second kappa shape index (κ2) is 12.7. The zero-order chi connectivity index (χ0) is 24.5. The second-order valence-corrected chi connectivity index (χ2v) is 9.08. The largest absolute Gasteiger partial charge is 0.378 e. The Morgan fingerprint density at radius 2 is 1.53 bits per heavy atom. The van der Waals surface area contributed by atoms with E-state index < -0.39 is 0 Å². The van der Waals surface area contributed by atoms with Crippen molar-refractivity contribution in [2.24, 2.45) is 0 Å². The van der Waals surface area contributed by atoms with Gasteiger partial charge in [-0.25, -0.2) is 0 Å². The summed E-state index contributed by atoms with van der Waals surface area (Å²) in [5.74, 6) is 1.82. The molecule has 0 bridgehead atoms. The van der Waals surface area contributed by atoms with Gasteiger partial charge >= 0.3 is 0 Å². The number of aromatic nitrogens is 3. The Morgan fingerprint density at radius 3 is 2.12 bits per heavy atom. The normalized spacial score (nSPS) is 14.2. The van der Waals surface area contributed by atoms with Crippen molar-refractivity contribution in [1.82, 2.24) is 19.9 Å². The first-order valence-electron chi connectivity index (χ1n) is 12.6. The van der Waals surface area contributed by atoms with Gasteiger partial charge in [0.2, 0.25) is 17.8 Å². The third-order valence-corrected chi connectivity index (χ3v) is 6.15. The molecule has 0 saturated carbocycles. The van der Waals surface area contributed by atoms with Crippen molar-refractivity contribution >= 4 is 29.2 Å². The minimum atomic E-state index is 0.490. The molecule has 1 saturated heterocycles. The molecular weight excluding hydrogens is 428 g/mol. The number of nitrogens with one attached hydrogen (secondary N) is 2. The van der Waals surface area contributed by atoms with Crippen LogP contribution in [-0.4, -0.2) is 84.4 Å². The fraction of sp³-hybridized carbons (Fsp3) is 0.640. The maximum Gasteiger partial charge on any atom is 0.233 e. The molecule has 34 heavy (non-hydrogen) atoms. The van der Waals surface area contributed by atoms with Crippen LogP contribution >= 0.6 is 0 Å². The monoisotopic (exact) mass is 470 g/mol. The molecule has 0 radical (unpaired) electrons. The summed E-state index contributed by atoms with van der Waals surface area (Å²) in [5.41, 5.74) is 2.15. The highest BCUT2D eigenvalue weighted by molar-refractivity contribution is 5.60. The van der Waals surface area contributed by atoms with E-state index in [9.17, 15) is 0 Å². The van der Waals surface area contributed by atoms with E-state index in [0.717, 1.165) is 58.2 Å². The van der Waals surface area contributed by atoms with E-state index in [1.807, 2.05) is 0 Å². The highest BCUT2D eigenvalue weighted by atomic mass is 16.5. The lowest BCUT2D eigenvalue weighted by atomic mass is 10.2. The van der Waals surface area contributed by atoms with Crippen molar-refractivity contribution < 1.29 is 4.74 Å². The maximum atomic E-state index is 5.46. The summed E-state index contributed by atoms with van der Waals surface area (Å²) in [6.45, 7) is 19.9. The van der Waals surface area contributed by atoms with Gasteiger partial charge in [0.1, 0.15) is 0 Å². The predicted octanol–water partition coefficient (Wildman–Crippen LogP) is 3.83. The molecule has 0 amide bonds. The Bertz CT molecular complexity index is 856. The number of hydrogen-bond acceptors (Lipinski definition) is 9. The molecule has 1 fully saturated rings. The van der Waals surface area contributed by atoms with Gasteiger partial charge in [-0.2, -0.15) is 15.0 Å². The topological polar surface area (TPSA) is 81.7 Å². The Labute approximate surface area is 204 Å². The predicted molar refractivity (Wildman–Crippen MR) is 142 cm³/mol. The molecule has 2 aromatic rings. The number of hydrogen-bond donors (Lipinski definition) is 2. The molecule has 2 N–H and O–H groups in total. The van der Waals surface area contributed by atoms with Crippen LogP contribution in [0, 0.1) is 0 Å². The van der Waals surface area contributed by atoms with Crippen LogP contribution in [0.5, 0.6) is 0 Å². The third-order valence-electron chi connectivity index (χ3n) is 6.15. The first-order valence-corrected chi connectivity index (χ1v) is 12.6. The lowest BCUT2D eigenvalue weighted by Crippen LogP contribution is -2.40. The molecule has 1 aliphatic rings. The van der Waals surface area contributed by atoms with Crippen LogP contribution < -0.4 is 20.4 Å². The van der Waals surface area contributed by atoms with E-state index >= 15 is 0 Å². The zero-order valence-corrected chi connectivity index (χ0v) is 21.7. The average molecular weight is 471 g/mol. The van der Waals surface area contributed by atoms with Crippen LogP contribution in [0.25, 0.3) is 0 Å². The molecule has 1 aromatic carbocycles. The average Bonchev–Trinajstić information content (AvgIpc) is 2.83. The highest BCUT2D eigenvalue weighted by Crippen LogP contribution is 2.22. The van der Waals surface area contributed by atoms with Crippen molar-refractivity contribution in [3.05, 3.63) is 24.3 Å². The lowest BCUT2D eigenvalue weighted by Gasteiger charge is -2.30. The molecule has 1 aromatic heterocycles. The number of nitrogens with zero attached hydrogens (tertiary/aromatic N) is 6. The van der Waals surface area contributed by atoms with E-state index in [-0.39, 0.29) is 0 Å². The summed E-state index contributed by atoms with van der Waals surface area (Å²) in [4.78, 5) is 21.0. The minimum Gasteiger partial charge on any atom is -0.378 e.